The monoisotopic (exact) mass is 293 g/mol. The van der Waals surface area contributed by atoms with E-state index < -0.39 is 0 Å². The Hall–Kier alpha value is -1.27. The number of aryl methyl sites for hydroxylation is 1. The molecule has 0 aliphatic rings. The van der Waals surface area contributed by atoms with E-state index in [9.17, 15) is 0 Å². The van der Waals surface area contributed by atoms with Crippen molar-refractivity contribution in [3.8, 4) is 0 Å². The van der Waals surface area contributed by atoms with Gasteiger partial charge in [0.15, 0.2) is 0 Å². The first-order valence-electron chi connectivity index (χ1n) is 7.22. The Balaban J connectivity index is 2.25. The molecule has 6 heteroatoms. The minimum atomic E-state index is 0.241. The van der Waals surface area contributed by atoms with Crippen LogP contribution in [0.15, 0.2) is 12.4 Å². The van der Waals surface area contributed by atoms with Crippen molar-refractivity contribution in [3.05, 3.63) is 28.8 Å². The SMILES string of the molecule is CCNC(Cc1nccn1CC)c1snnc1C(C)C. The van der Waals surface area contributed by atoms with Crippen LogP contribution in [0.4, 0.5) is 0 Å². The summed E-state index contributed by atoms with van der Waals surface area (Å²) >= 11 is 1.50. The highest BCUT2D eigenvalue weighted by molar-refractivity contribution is 7.05. The summed E-state index contributed by atoms with van der Waals surface area (Å²) in [4.78, 5) is 5.72. The maximum Gasteiger partial charge on any atom is 0.110 e. The van der Waals surface area contributed by atoms with Gasteiger partial charge in [-0.2, -0.15) is 0 Å². The lowest BCUT2D eigenvalue weighted by Gasteiger charge is -2.18. The van der Waals surface area contributed by atoms with Crippen molar-refractivity contribution >= 4 is 11.5 Å². The summed E-state index contributed by atoms with van der Waals surface area (Å²) < 4.78 is 6.33. The lowest BCUT2D eigenvalue weighted by molar-refractivity contribution is 0.522. The molecule has 0 fully saturated rings. The average Bonchev–Trinajstić information content (AvgIpc) is 3.06. The molecule has 20 heavy (non-hydrogen) atoms. The van der Waals surface area contributed by atoms with Crippen molar-refractivity contribution in [1.82, 2.24) is 24.5 Å². The summed E-state index contributed by atoms with van der Waals surface area (Å²) in [5, 5.41) is 7.84. The Kier molecular flexibility index (Phi) is 5.25. The topological polar surface area (TPSA) is 55.6 Å². The number of hydrogen-bond acceptors (Lipinski definition) is 5. The summed E-state index contributed by atoms with van der Waals surface area (Å²) in [6.07, 6.45) is 4.78. The standard InChI is InChI=1S/C14H23N5S/c1-5-15-11(9-12-16-7-8-19(12)6-2)14-13(10(3)4)17-18-20-14/h7-8,10-11,15H,5-6,9H2,1-4H3. The molecule has 0 aliphatic carbocycles. The predicted molar refractivity (Wildman–Crippen MR) is 82.0 cm³/mol. The molecule has 0 amide bonds. The zero-order valence-corrected chi connectivity index (χ0v) is 13.4. The van der Waals surface area contributed by atoms with Crippen LogP contribution in [-0.4, -0.2) is 25.7 Å². The smallest absolute Gasteiger partial charge is 0.110 e. The van der Waals surface area contributed by atoms with Gasteiger partial charge in [0, 0.05) is 25.4 Å². The summed E-state index contributed by atoms with van der Waals surface area (Å²) in [5.74, 6) is 1.51. The third kappa shape index (κ3) is 3.24. The first-order valence-corrected chi connectivity index (χ1v) is 8.00. The molecule has 1 N–H and O–H groups in total. The molecular formula is C14H23N5S. The third-order valence-corrected chi connectivity index (χ3v) is 4.24. The Labute approximate surface area is 124 Å². The molecule has 0 radical (unpaired) electrons. The number of rotatable bonds is 7. The number of likely N-dealkylation sites (N-methyl/N-ethyl adjacent to an activating group) is 1. The fraction of sp³-hybridized carbons (Fsp3) is 0.643. The van der Waals surface area contributed by atoms with Crippen LogP contribution in [0.3, 0.4) is 0 Å². The fourth-order valence-corrected chi connectivity index (χ4v) is 3.23. The molecule has 0 bridgehead atoms. The third-order valence-electron chi connectivity index (χ3n) is 3.38. The molecule has 2 aromatic heterocycles. The number of hydrogen-bond donors (Lipinski definition) is 1. The summed E-state index contributed by atoms with van der Waals surface area (Å²) in [6, 6.07) is 0.241. The molecular weight excluding hydrogens is 270 g/mol. The van der Waals surface area contributed by atoms with Gasteiger partial charge in [0.05, 0.1) is 16.6 Å². The van der Waals surface area contributed by atoms with Crippen LogP contribution in [0.25, 0.3) is 0 Å². The van der Waals surface area contributed by atoms with Gasteiger partial charge in [0.25, 0.3) is 0 Å². The lowest BCUT2D eigenvalue weighted by atomic mass is 10.0. The van der Waals surface area contributed by atoms with Crippen LogP contribution in [-0.2, 0) is 13.0 Å². The second kappa shape index (κ2) is 6.95. The Morgan fingerprint density at radius 1 is 1.35 bits per heavy atom. The highest BCUT2D eigenvalue weighted by Gasteiger charge is 2.22. The number of nitrogens with one attached hydrogen (secondary N) is 1. The van der Waals surface area contributed by atoms with E-state index in [0.29, 0.717) is 5.92 Å². The second-order valence-electron chi connectivity index (χ2n) is 5.12. The van der Waals surface area contributed by atoms with Crippen LogP contribution in [0.2, 0.25) is 0 Å². The van der Waals surface area contributed by atoms with E-state index in [-0.39, 0.29) is 6.04 Å². The first kappa shape index (κ1) is 15.1. The lowest BCUT2D eigenvalue weighted by Crippen LogP contribution is -2.24. The van der Waals surface area contributed by atoms with E-state index in [1.807, 2.05) is 12.4 Å². The van der Waals surface area contributed by atoms with E-state index in [1.165, 1.54) is 16.4 Å². The van der Waals surface area contributed by atoms with Crippen LogP contribution >= 0.6 is 11.5 Å². The molecule has 0 aromatic carbocycles. The van der Waals surface area contributed by atoms with Crippen molar-refractivity contribution in [2.45, 2.75) is 52.6 Å². The minimum Gasteiger partial charge on any atom is -0.335 e. The van der Waals surface area contributed by atoms with E-state index in [2.05, 4.69) is 52.1 Å². The molecule has 5 nitrogen and oxygen atoms in total. The van der Waals surface area contributed by atoms with Crippen molar-refractivity contribution in [2.75, 3.05) is 6.54 Å². The van der Waals surface area contributed by atoms with Crippen molar-refractivity contribution in [2.24, 2.45) is 0 Å². The number of nitrogens with zero attached hydrogens (tertiary/aromatic N) is 4. The molecule has 0 spiro atoms. The zero-order chi connectivity index (χ0) is 14.5. The first-order chi connectivity index (χ1) is 9.67. The van der Waals surface area contributed by atoms with Crippen LogP contribution in [0.1, 0.15) is 56.1 Å². The van der Waals surface area contributed by atoms with Gasteiger partial charge in [-0.1, -0.05) is 25.3 Å². The fourth-order valence-electron chi connectivity index (χ4n) is 2.35. The van der Waals surface area contributed by atoms with Gasteiger partial charge in [-0.15, -0.1) is 5.10 Å². The predicted octanol–water partition coefficient (Wildman–Crippen LogP) is 2.77. The largest absolute Gasteiger partial charge is 0.335 e. The van der Waals surface area contributed by atoms with Gasteiger partial charge in [-0.05, 0) is 30.9 Å². The zero-order valence-electron chi connectivity index (χ0n) is 12.6. The van der Waals surface area contributed by atoms with Gasteiger partial charge in [0.1, 0.15) is 5.82 Å². The molecule has 110 valence electrons. The van der Waals surface area contributed by atoms with E-state index in [4.69, 9.17) is 0 Å². The number of aromatic nitrogens is 4. The van der Waals surface area contributed by atoms with E-state index in [0.717, 1.165) is 31.0 Å². The maximum atomic E-state index is 4.48. The van der Waals surface area contributed by atoms with E-state index in [1.54, 1.807) is 0 Å². The van der Waals surface area contributed by atoms with Gasteiger partial charge in [-0.25, -0.2) is 4.98 Å². The summed E-state index contributed by atoms with van der Waals surface area (Å²) in [6.45, 7) is 10.5. The van der Waals surface area contributed by atoms with Crippen molar-refractivity contribution in [3.63, 3.8) is 0 Å². The molecule has 2 rings (SSSR count). The molecule has 1 atom stereocenters. The van der Waals surface area contributed by atoms with Crippen molar-refractivity contribution in [1.29, 1.82) is 0 Å². The molecule has 0 saturated heterocycles. The molecule has 0 saturated carbocycles. The molecule has 2 heterocycles. The van der Waals surface area contributed by atoms with Gasteiger partial charge in [-0.3, -0.25) is 0 Å². The van der Waals surface area contributed by atoms with E-state index >= 15 is 0 Å². The van der Waals surface area contributed by atoms with Crippen LogP contribution in [0.5, 0.6) is 0 Å². The van der Waals surface area contributed by atoms with Crippen LogP contribution in [0, 0.1) is 0 Å². The molecule has 2 aromatic rings. The van der Waals surface area contributed by atoms with Gasteiger partial charge in [0.2, 0.25) is 0 Å². The number of imidazole rings is 1. The maximum absolute atomic E-state index is 4.48. The highest BCUT2D eigenvalue weighted by atomic mass is 32.1. The average molecular weight is 293 g/mol. The Morgan fingerprint density at radius 2 is 2.15 bits per heavy atom. The minimum absolute atomic E-state index is 0.241. The highest BCUT2D eigenvalue weighted by Crippen LogP contribution is 2.28. The normalized spacial score (nSPS) is 13.1. The van der Waals surface area contributed by atoms with Gasteiger partial charge >= 0.3 is 0 Å². The Bertz CT molecular complexity index is 531. The summed E-state index contributed by atoms with van der Waals surface area (Å²) in [7, 11) is 0. The second-order valence-corrected chi connectivity index (χ2v) is 5.91. The molecule has 1 unspecified atom stereocenters. The molecule has 0 aliphatic heterocycles. The summed E-state index contributed by atoms with van der Waals surface area (Å²) in [5.41, 5.74) is 1.11. The van der Waals surface area contributed by atoms with Gasteiger partial charge < -0.3 is 9.88 Å². The quantitative estimate of drug-likeness (QED) is 0.853. The Morgan fingerprint density at radius 3 is 2.80 bits per heavy atom. The van der Waals surface area contributed by atoms with Crippen LogP contribution < -0.4 is 5.32 Å². The van der Waals surface area contributed by atoms with Crippen molar-refractivity contribution < 1.29 is 0 Å².